The summed E-state index contributed by atoms with van der Waals surface area (Å²) in [7, 11) is 0. The molecule has 0 spiro atoms. The highest BCUT2D eigenvalue weighted by Crippen LogP contribution is 2.32. The zero-order valence-electron chi connectivity index (χ0n) is 15.6. The molecule has 1 aromatic heterocycles. The zero-order chi connectivity index (χ0) is 18.2. The summed E-state index contributed by atoms with van der Waals surface area (Å²) >= 11 is 0. The fourth-order valence-electron chi connectivity index (χ4n) is 3.93. The summed E-state index contributed by atoms with van der Waals surface area (Å²) < 4.78 is 7.53. The Bertz CT molecular complexity index is 647. The number of hydrogen-bond acceptors (Lipinski definition) is 3. The molecule has 2 amide bonds. The Labute approximate surface area is 149 Å². The van der Waals surface area contributed by atoms with Crippen molar-refractivity contribution in [2.24, 2.45) is 5.92 Å². The van der Waals surface area contributed by atoms with E-state index in [1.54, 1.807) is 0 Å². The van der Waals surface area contributed by atoms with Crippen LogP contribution < -0.4 is 5.32 Å². The van der Waals surface area contributed by atoms with Crippen molar-refractivity contribution in [3.05, 3.63) is 24.0 Å². The van der Waals surface area contributed by atoms with Gasteiger partial charge < -0.3 is 19.5 Å². The number of nitrogens with one attached hydrogen (secondary N) is 1. The Morgan fingerprint density at radius 1 is 1.24 bits per heavy atom. The first-order valence-electron chi connectivity index (χ1n) is 9.19. The summed E-state index contributed by atoms with van der Waals surface area (Å²) in [5.74, 6) is 0.206. The number of nitrogens with zero attached hydrogens (tertiary/aromatic N) is 2. The van der Waals surface area contributed by atoms with Crippen molar-refractivity contribution in [2.45, 2.75) is 71.2 Å². The molecule has 0 radical (unpaired) electrons. The third-order valence-corrected chi connectivity index (χ3v) is 5.13. The summed E-state index contributed by atoms with van der Waals surface area (Å²) in [5.41, 5.74) is 0.691. The van der Waals surface area contributed by atoms with E-state index in [2.05, 4.69) is 29.1 Å². The van der Waals surface area contributed by atoms with Crippen molar-refractivity contribution in [1.29, 1.82) is 0 Å². The smallest absolute Gasteiger partial charge is 0.407 e. The topological polar surface area (TPSA) is 63.6 Å². The minimum Gasteiger partial charge on any atom is -0.444 e. The van der Waals surface area contributed by atoms with Crippen molar-refractivity contribution in [2.75, 3.05) is 6.54 Å². The summed E-state index contributed by atoms with van der Waals surface area (Å²) in [6.07, 6.45) is 4.03. The van der Waals surface area contributed by atoms with Crippen LogP contribution in [0.4, 0.5) is 4.79 Å². The van der Waals surface area contributed by atoms with Crippen molar-refractivity contribution < 1.29 is 14.3 Å². The maximum absolute atomic E-state index is 13.0. The molecular formula is C19H29N3O3. The molecule has 3 rings (SSSR count). The van der Waals surface area contributed by atoms with E-state index in [4.69, 9.17) is 4.74 Å². The number of carbonyl (C=O) groups is 2. The summed E-state index contributed by atoms with van der Waals surface area (Å²) in [6, 6.07) is 4.25. The van der Waals surface area contributed by atoms with E-state index in [1.165, 1.54) is 5.69 Å². The van der Waals surface area contributed by atoms with Crippen LogP contribution >= 0.6 is 0 Å². The van der Waals surface area contributed by atoms with Crippen molar-refractivity contribution >= 4 is 12.0 Å². The number of rotatable bonds is 2. The van der Waals surface area contributed by atoms with Gasteiger partial charge in [0.15, 0.2) is 0 Å². The molecule has 0 saturated heterocycles. The highest BCUT2D eigenvalue weighted by molar-refractivity contribution is 5.80. The maximum Gasteiger partial charge on any atom is 0.407 e. The fraction of sp³-hybridized carbons (Fsp3) is 0.684. The molecule has 0 bridgehead atoms. The molecule has 6 heteroatoms. The number of carbonyl (C=O) groups excluding carboxylic acids is 2. The molecule has 25 heavy (non-hydrogen) atoms. The number of ether oxygens (including phenoxy) is 1. The quantitative estimate of drug-likeness (QED) is 0.894. The monoisotopic (exact) mass is 347 g/mol. The molecule has 0 aromatic carbocycles. The van der Waals surface area contributed by atoms with Gasteiger partial charge >= 0.3 is 6.09 Å². The first-order valence-corrected chi connectivity index (χ1v) is 9.19. The van der Waals surface area contributed by atoms with Gasteiger partial charge in [0, 0.05) is 36.9 Å². The van der Waals surface area contributed by atoms with Crippen molar-refractivity contribution in [3.8, 4) is 0 Å². The molecule has 1 aliphatic heterocycles. The molecule has 3 atom stereocenters. The van der Waals surface area contributed by atoms with Crippen LogP contribution in [0.3, 0.4) is 0 Å². The minimum atomic E-state index is -0.504. The van der Waals surface area contributed by atoms with Gasteiger partial charge in [-0.05, 0) is 59.1 Å². The first-order chi connectivity index (χ1) is 11.7. The predicted octanol–water partition coefficient (Wildman–Crippen LogP) is 3.08. The molecule has 1 saturated carbocycles. The number of amides is 2. The number of alkyl carbamates (subject to hydrolysis) is 1. The molecule has 1 aliphatic carbocycles. The van der Waals surface area contributed by atoms with Crippen LogP contribution in [0.2, 0.25) is 0 Å². The number of fused-ring (bicyclic) bond motifs is 1. The van der Waals surface area contributed by atoms with E-state index in [0.29, 0.717) is 6.42 Å². The Morgan fingerprint density at radius 3 is 2.72 bits per heavy atom. The van der Waals surface area contributed by atoms with Crippen LogP contribution in [0.25, 0.3) is 0 Å². The van der Waals surface area contributed by atoms with Gasteiger partial charge in [0.1, 0.15) is 5.60 Å². The molecule has 2 heterocycles. The molecule has 2 aliphatic rings. The van der Waals surface area contributed by atoms with Gasteiger partial charge in [0.2, 0.25) is 5.91 Å². The van der Waals surface area contributed by atoms with Crippen molar-refractivity contribution in [3.63, 3.8) is 0 Å². The average Bonchev–Trinajstić information content (AvgIpc) is 3.14. The Kier molecular flexibility index (Phi) is 4.80. The third-order valence-electron chi connectivity index (χ3n) is 5.13. The van der Waals surface area contributed by atoms with Gasteiger partial charge in [-0.15, -0.1) is 0 Å². The average molecular weight is 347 g/mol. The summed E-state index contributed by atoms with van der Waals surface area (Å²) in [5, 5.41) is 2.91. The van der Waals surface area contributed by atoms with Crippen LogP contribution in [-0.4, -0.2) is 39.7 Å². The van der Waals surface area contributed by atoms with Gasteiger partial charge in [0.05, 0.1) is 6.04 Å². The molecule has 1 N–H and O–H groups in total. The van der Waals surface area contributed by atoms with Crippen molar-refractivity contribution in [1.82, 2.24) is 14.8 Å². The van der Waals surface area contributed by atoms with Gasteiger partial charge in [-0.25, -0.2) is 4.79 Å². The second-order valence-corrected chi connectivity index (χ2v) is 8.19. The maximum atomic E-state index is 13.0. The van der Waals surface area contributed by atoms with Gasteiger partial charge in [-0.3, -0.25) is 4.79 Å². The van der Waals surface area contributed by atoms with Gasteiger partial charge in [0.25, 0.3) is 0 Å². The summed E-state index contributed by atoms with van der Waals surface area (Å²) in [6.45, 7) is 9.24. The molecule has 1 fully saturated rings. The van der Waals surface area contributed by atoms with Crippen LogP contribution in [0.1, 0.15) is 58.7 Å². The van der Waals surface area contributed by atoms with E-state index in [9.17, 15) is 9.59 Å². The standard InChI is InChI=1S/C19H29N3O3/c1-13-16-6-5-9-21(16)10-11-22(13)17(23)14-7-8-15(12-14)20-18(24)25-19(2,3)4/h5-6,9,13-15H,7-8,10-12H2,1-4H3,(H,20,24)/t13-,14+,15+/m1/s1. The minimum absolute atomic E-state index is 0.0103. The SMILES string of the molecule is C[C@@H]1c2cccn2CCN1C(=O)[C@H]1CC[C@H](NC(=O)OC(C)(C)C)C1. The van der Waals surface area contributed by atoms with Crippen LogP contribution in [0.5, 0.6) is 0 Å². The molecule has 1 aromatic rings. The Hall–Kier alpha value is -1.98. The van der Waals surface area contributed by atoms with E-state index in [-0.39, 0.29) is 23.9 Å². The van der Waals surface area contributed by atoms with Crippen LogP contribution in [0.15, 0.2) is 18.3 Å². The lowest BCUT2D eigenvalue weighted by Crippen LogP contribution is -2.43. The Balaban J connectivity index is 1.55. The number of hydrogen-bond donors (Lipinski definition) is 1. The van der Waals surface area contributed by atoms with Crippen LogP contribution in [0, 0.1) is 5.92 Å². The zero-order valence-corrected chi connectivity index (χ0v) is 15.6. The lowest BCUT2D eigenvalue weighted by atomic mass is 10.0. The highest BCUT2D eigenvalue weighted by Gasteiger charge is 2.37. The van der Waals surface area contributed by atoms with E-state index in [0.717, 1.165) is 25.9 Å². The second kappa shape index (κ2) is 6.73. The third kappa shape index (κ3) is 3.99. The lowest BCUT2D eigenvalue weighted by molar-refractivity contribution is -0.138. The van der Waals surface area contributed by atoms with E-state index >= 15 is 0 Å². The lowest BCUT2D eigenvalue weighted by Gasteiger charge is -2.36. The number of aromatic nitrogens is 1. The predicted molar refractivity (Wildman–Crippen MR) is 95.1 cm³/mol. The fourth-order valence-corrected chi connectivity index (χ4v) is 3.93. The molecule has 138 valence electrons. The molecule has 0 unspecified atom stereocenters. The summed E-state index contributed by atoms with van der Waals surface area (Å²) in [4.78, 5) is 26.9. The van der Waals surface area contributed by atoms with Gasteiger partial charge in [-0.2, -0.15) is 0 Å². The van der Waals surface area contributed by atoms with E-state index < -0.39 is 11.7 Å². The Morgan fingerprint density at radius 2 is 2.00 bits per heavy atom. The second-order valence-electron chi connectivity index (χ2n) is 8.19. The first kappa shape index (κ1) is 17.8. The highest BCUT2D eigenvalue weighted by atomic mass is 16.6. The van der Waals surface area contributed by atoms with Crippen LogP contribution in [-0.2, 0) is 16.1 Å². The largest absolute Gasteiger partial charge is 0.444 e. The normalized spacial score (nSPS) is 26.2. The van der Waals surface area contributed by atoms with E-state index in [1.807, 2.05) is 31.7 Å². The molecular weight excluding hydrogens is 318 g/mol. The van der Waals surface area contributed by atoms with Gasteiger partial charge in [-0.1, -0.05) is 0 Å². The molecule has 6 nitrogen and oxygen atoms in total.